The minimum atomic E-state index is -0.942. The molecule has 0 bridgehead atoms. The lowest BCUT2D eigenvalue weighted by atomic mass is 9.83. The molecule has 1 atom stereocenters. The molecule has 0 aromatic heterocycles. The smallest absolute Gasteiger partial charge is 0.226 e. The van der Waals surface area contributed by atoms with Crippen LogP contribution in [0, 0.1) is 0 Å². The van der Waals surface area contributed by atoms with Gasteiger partial charge in [-0.05, 0) is 32.7 Å². The van der Waals surface area contributed by atoms with Crippen LogP contribution in [0.2, 0.25) is 0 Å². The molecular weight excluding hydrogens is 292 g/mol. The maximum Gasteiger partial charge on any atom is 0.226 e. The number of nitrogens with zero attached hydrogens (tertiary/aromatic N) is 2. The van der Waals surface area contributed by atoms with Crippen LogP contribution in [0.1, 0.15) is 37.7 Å². The molecule has 2 aliphatic rings. The predicted octanol–water partition coefficient (Wildman–Crippen LogP) is 2.39. The van der Waals surface area contributed by atoms with Crippen LogP contribution in [0.15, 0.2) is 35.5 Å². The van der Waals surface area contributed by atoms with Gasteiger partial charge in [-0.1, -0.05) is 35.5 Å². The van der Waals surface area contributed by atoms with Gasteiger partial charge >= 0.3 is 0 Å². The molecule has 0 saturated carbocycles. The van der Waals surface area contributed by atoms with E-state index in [9.17, 15) is 5.11 Å². The van der Waals surface area contributed by atoms with E-state index in [0.29, 0.717) is 18.6 Å². The van der Waals surface area contributed by atoms with E-state index in [1.165, 1.54) is 0 Å². The topological polar surface area (TPSA) is 54.3 Å². The van der Waals surface area contributed by atoms with E-state index < -0.39 is 5.60 Å². The monoisotopic (exact) mass is 318 g/mol. The molecule has 2 saturated heterocycles. The number of ether oxygens (including phenoxy) is 1. The van der Waals surface area contributed by atoms with Crippen LogP contribution in [0.3, 0.4) is 0 Å². The van der Waals surface area contributed by atoms with Crippen molar-refractivity contribution in [1.29, 1.82) is 0 Å². The zero-order chi connectivity index (χ0) is 16.1. The first-order valence-electron chi connectivity index (χ1n) is 8.50. The Labute approximate surface area is 137 Å². The van der Waals surface area contributed by atoms with Crippen LogP contribution < -0.4 is 0 Å². The normalized spacial score (nSPS) is 26.0. The van der Waals surface area contributed by atoms with Crippen LogP contribution in [-0.4, -0.2) is 54.4 Å². The minimum Gasteiger partial charge on any atom is -0.383 e. The van der Waals surface area contributed by atoms with Crippen LogP contribution in [0.5, 0.6) is 0 Å². The molecule has 5 nitrogen and oxygen atoms in total. The van der Waals surface area contributed by atoms with Crippen molar-refractivity contribution in [2.24, 2.45) is 5.16 Å². The number of rotatable bonds is 4. The molecule has 1 aromatic carbocycles. The zero-order valence-electron chi connectivity index (χ0n) is 13.8. The lowest BCUT2D eigenvalue weighted by molar-refractivity contribution is -0.163. The van der Waals surface area contributed by atoms with Crippen LogP contribution in [-0.2, 0) is 9.57 Å². The second-order valence-corrected chi connectivity index (χ2v) is 6.54. The molecule has 0 radical (unpaired) electrons. The second kappa shape index (κ2) is 7.43. The van der Waals surface area contributed by atoms with Crippen molar-refractivity contribution in [2.45, 2.75) is 44.0 Å². The summed E-state index contributed by atoms with van der Waals surface area (Å²) in [7, 11) is 2.07. The lowest BCUT2D eigenvalue weighted by Gasteiger charge is -2.37. The minimum absolute atomic E-state index is 0.294. The summed E-state index contributed by atoms with van der Waals surface area (Å²) < 4.78 is 5.58. The summed E-state index contributed by atoms with van der Waals surface area (Å²) in [4.78, 5) is 7.86. The highest BCUT2D eigenvalue weighted by molar-refractivity contribution is 6.06. The van der Waals surface area contributed by atoms with Crippen molar-refractivity contribution in [3.63, 3.8) is 0 Å². The molecule has 2 fully saturated rings. The number of hydrogen-bond acceptors (Lipinski definition) is 5. The summed E-state index contributed by atoms with van der Waals surface area (Å²) in [5.74, 6) is 0. The Balaban J connectivity index is 1.81. The molecule has 5 heteroatoms. The van der Waals surface area contributed by atoms with Crippen molar-refractivity contribution in [3.8, 4) is 0 Å². The van der Waals surface area contributed by atoms with Crippen molar-refractivity contribution in [2.75, 3.05) is 26.7 Å². The van der Waals surface area contributed by atoms with Crippen LogP contribution >= 0.6 is 0 Å². The Kier molecular flexibility index (Phi) is 5.30. The highest BCUT2D eigenvalue weighted by atomic mass is 16.8. The first kappa shape index (κ1) is 16.4. The molecular formula is C18H26N2O3. The van der Waals surface area contributed by atoms with E-state index in [1.807, 2.05) is 30.3 Å². The third-order valence-corrected chi connectivity index (χ3v) is 4.70. The second-order valence-electron chi connectivity index (χ2n) is 6.54. The molecule has 0 aliphatic carbocycles. The summed E-state index contributed by atoms with van der Waals surface area (Å²) in [6.07, 6.45) is 4.05. The first-order valence-corrected chi connectivity index (χ1v) is 8.50. The Morgan fingerprint density at radius 1 is 1.26 bits per heavy atom. The molecule has 1 N–H and O–H groups in total. The summed E-state index contributed by atoms with van der Waals surface area (Å²) in [6, 6.07) is 9.83. The quantitative estimate of drug-likeness (QED) is 0.684. The first-order chi connectivity index (χ1) is 11.2. The molecule has 1 aromatic rings. The van der Waals surface area contributed by atoms with Gasteiger partial charge in [0.2, 0.25) is 6.29 Å². The van der Waals surface area contributed by atoms with E-state index in [1.54, 1.807) is 0 Å². The van der Waals surface area contributed by atoms with Crippen molar-refractivity contribution >= 4 is 5.71 Å². The number of likely N-dealkylation sites (tertiary alicyclic amines) is 1. The SMILES string of the molecule is CN1CCC(O)(C(=NOC2CCCCO2)c2ccccc2)CC1. The maximum atomic E-state index is 11.2. The van der Waals surface area contributed by atoms with Crippen molar-refractivity contribution in [3.05, 3.63) is 35.9 Å². The molecule has 126 valence electrons. The van der Waals surface area contributed by atoms with Gasteiger partial charge in [0, 0.05) is 25.1 Å². The van der Waals surface area contributed by atoms with E-state index in [0.717, 1.165) is 44.5 Å². The third kappa shape index (κ3) is 4.10. The molecule has 2 heterocycles. The Morgan fingerprint density at radius 3 is 2.65 bits per heavy atom. The average molecular weight is 318 g/mol. The number of piperidine rings is 1. The van der Waals surface area contributed by atoms with Crippen LogP contribution in [0.4, 0.5) is 0 Å². The fourth-order valence-electron chi connectivity index (χ4n) is 3.13. The Bertz CT molecular complexity index is 518. The van der Waals surface area contributed by atoms with Gasteiger partial charge < -0.3 is 19.6 Å². The number of benzene rings is 1. The highest BCUT2D eigenvalue weighted by Gasteiger charge is 2.38. The molecule has 2 aliphatic heterocycles. The molecule has 0 amide bonds. The fourth-order valence-corrected chi connectivity index (χ4v) is 3.13. The summed E-state index contributed by atoms with van der Waals surface area (Å²) in [5.41, 5.74) is 0.596. The Hall–Kier alpha value is -1.43. The molecule has 0 spiro atoms. The third-order valence-electron chi connectivity index (χ3n) is 4.70. The van der Waals surface area contributed by atoms with E-state index >= 15 is 0 Å². The average Bonchev–Trinajstić information content (AvgIpc) is 2.60. The number of oxime groups is 1. The van der Waals surface area contributed by atoms with Crippen molar-refractivity contribution < 1.29 is 14.7 Å². The zero-order valence-corrected chi connectivity index (χ0v) is 13.8. The van der Waals surface area contributed by atoms with Crippen molar-refractivity contribution in [1.82, 2.24) is 4.90 Å². The van der Waals surface area contributed by atoms with Gasteiger partial charge in [-0.25, -0.2) is 0 Å². The van der Waals surface area contributed by atoms with Gasteiger partial charge in [0.15, 0.2) is 0 Å². The maximum absolute atomic E-state index is 11.2. The van der Waals surface area contributed by atoms with Gasteiger partial charge in [-0.3, -0.25) is 0 Å². The number of aliphatic hydroxyl groups is 1. The summed E-state index contributed by atoms with van der Waals surface area (Å²) in [6.45, 7) is 2.42. The van der Waals surface area contributed by atoms with Gasteiger partial charge in [0.1, 0.15) is 11.3 Å². The molecule has 23 heavy (non-hydrogen) atoms. The van der Waals surface area contributed by atoms with E-state index in [2.05, 4.69) is 17.1 Å². The van der Waals surface area contributed by atoms with Gasteiger partial charge in [-0.15, -0.1) is 0 Å². The predicted molar refractivity (Wildman–Crippen MR) is 89.3 cm³/mol. The van der Waals surface area contributed by atoms with E-state index in [4.69, 9.17) is 9.57 Å². The molecule has 1 unspecified atom stereocenters. The summed E-state index contributed by atoms with van der Waals surface area (Å²) in [5, 5.41) is 15.5. The number of hydrogen-bond donors (Lipinski definition) is 1. The largest absolute Gasteiger partial charge is 0.383 e. The highest BCUT2D eigenvalue weighted by Crippen LogP contribution is 2.27. The lowest BCUT2D eigenvalue weighted by Crippen LogP contribution is -2.48. The Morgan fingerprint density at radius 2 is 2.00 bits per heavy atom. The van der Waals surface area contributed by atoms with Crippen LogP contribution in [0.25, 0.3) is 0 Å². The van der Waals surface area contributed by atoms with Gasteiger partial charge in [0.05, 0.1) is 6.61 Å². The van der Waals surface area contributed by atoms with Gasteiger partial charge in [0.25, 0.3) is 0 Å². The summed E-state index contributed by atoms with van der Waals surface area (Å²) >= 11 is 0. The van der Waals surface area contributed by atoms with Gasteiger partial charge in [-0.2, -0.15) is 0 Å². The fraction of sp³-hybridized carbons (Fsp3) is 0.611. The molecule has 3 rings (SSSR count). The van der Waals surface area contributed by atoms with E-state index in [-0.39, 0.29) is 6.29 Å². The standard InChI is InChI=1S/C18H26N2O3/c1-20-12-10-18(21,11-13-20)17(15-7-3-2-4-8-15)19-23-16-9-5-6-14-22-16/h2-4,7-8,16,21H,5-6,9-14H2,1H3.